The fourth-order valence-corrected chi connectivity index (χ4v) is 3.71. The number of aromatic nitrogens is 4. The standard InChI is InChI=1S/C17H22FN5O/c18-17-8-15(23-11-20-21-22-23)2-1-13(17)9-24-10-14-7-16(14)12-3-5-19-6-4-12/h1-2,8,11-12,14,16,19H,3-7,9-10H2/t14-,16+/m0/s1. The van der Waals surface area contributed by atoms with Crippen LogP contribution in [0.15, 0.2) is 24.5 Å². The predicted octanol–water partition coefficient (Wildman–Crippen LogP) is 1.95. The molecule has 1 aliphatic carbocycles. The first-order chi connectivity index (χ1) is 11.8. The summed E-state index contributed by atoms with van der Waals surface area (Å²) in [6.07, 6.45) is 5.28. The lowest BCUT2D eigenvalue weighted by Crippen LogP contribution is -2.29. The van der Waals surface area contributed by atoms with Crippen LogP contribution in [0.2, 0.25) is 0 Å². The summed E-state index contributed by atoms with van der Waals surface area (Å²) in [5, 5.41) is 14.3. The molecule has 1 aromatic heterocycles. The second-order valence-corrected chi connectivity index (χ2v) is 6.79. The van der Waals surface area contributed by atoms with E-state index in [1.165, 1.54) is 36.3 Å². The molecule has 4 rings (SSSR count). The molecule has 2 aliphatic rings. The van der Waals surface area contributed by atoms with Crippen molar-refractivity contribution in [3.05, 3.63) is 35.9 Å². The SMILES string of the molecule is Fc1cc(-n2cnnn2)ccc1COC[C@@H]1C[C@@H]1C1CCNCC1. The Hall–Kier alpha value is -1.86. The van der Waals surface area contributed by atoms with Crippen LogP contribution in [0.4, 0.5) is 4.39 Å². The molecule has 7 heteroatoms. The maximum atomic E-state index is 14.2. The number of benzene rings is 1. The van der Waals surface area contributed by atoms with Gasteiger partial charge < -0.3 is 10.1 Å². The molecule has 0 amide bonds. The van der Waals surface area contributed by atoms with Crippen molar-refractivity contribution in [2.75, 3.05) is 19.7 Å². The molecule has 1 saturated heterocycles. The molecular formula is C17H22FN5O. The molecule has 128 valence electrons. The van der Waals surface area contributed by atoms with E-state index >= 15 is 0 Å². The van der Waals surface area contributed by atoms with Gasteiger partial charge >= 0.3 is 0 Å². The summed E-state index contributed by atoms with van der Waals surface area (Å²) >= 11 is 0. The third-order valence-electron chi connectivity index (χ3n) is 5.21. The summed E-state index contributed by atoms with van der Waals surface area (Å²) in [6.45, 7) is 3.35. The van der Waals surface area contributed by atoms with Gasteiger partial charge in [-0.05, 0) is 66.6 Å². The van der Waals surface area contributed by atoms with E-state index in [2.05, 4.69) is 20.8 Å². The van der Waals surface area contributed by atoms with E-state index in [-0.39, 0.29) is 5.82 Å². The number of tetrazole rings is 1. The van der Waals surface area contributed by atoms with Crippen molar-refractivity contribution in [1.82, 2.24) is 25.5 Å². The van der Waals surface area contributed by atoms with Crippen molar-refractivity contribution >= 4 is 0 Å². The molecular weight excluding hydrogens is 309 g/mol. The molecule has 1 saturated carbocycles. The van der Waals surface area contributed by atoms with E-state index in [0.29, 0.717) is 23.8 Å². The van der Waals surface area contributed by atoms with Crippen LogP contribution in [0.1, 0.15) is 24.8 Å². The third-order valence-corrected chi connectivity index (χ3v) is 5.21. The van der Waals surface area contributed by atoms with Crippen molar-refractivity contribution in [3.8, 4) is 5.69 Å². The number of halogens is 1. The zero-order chi connectivity index (χ0) is 16.4. The summed E-state index contributed by atoms with van der Waals surface area (Å²) in [6, 6.07) is 4.97. The van der Waals surface area contributed by atoms with Crippen LogP contribution in [-0.4, -0.2) is 39.9 Å². The molecule has 1 aromatic carbocycles. The molecule has 0 spiro atoms. The minimum atomic E-state index is -0.284. The molecule has 2 fully saturated rings. The van der Waals surface area contributed by atoms with Gasteiger partial charge in [0.1, 0.15) is 12.1 Å². The van der Waals surface area contributed by atoms with Gasteiger partial charge in [0.2, 0.25) is 0 Å². The molecule has 2 aromatic rings. The van der Waals surface area contributed by atoms with Crippen molar-refractivity contribution in [2.24, 2.45) is 17.8 Å². The number of hydrogen-bond acceptors (Lipinski definition) is 5. The number of rotatable bonds is 6. The first-order valence-electron chi connectivity index (χ1n) is 8.61. The lowest BCUT2D eigenvalue weighted by molar-refractivity contribution is 0.102. The third kappa shape index (κ3) is 3.47. The molecule has 1 N–H and O–H groups in total. The summed E-state index contributed by atoms with van der Waals surface area (Å²) in [4.78, 5) is 0. The average molecular weight is 331 g/mol. The van der Waals surface area contributed by atoms with Crippen LogP contribution in [0.3, 0.4) is 0 Å². The molecule has 0 bridgehead atoms. The zero-order valence-corrected chi connectivity index (χ0v) is 13.6. The van der Waals surface area contributed by atoms with Crippen molar-refractivity contribution in [3.63, 3.8) is 0 Å². The molecule has 24 heavy (non-hydrogen) atoms. The highest BCUT2D eigenvalue weighted by Crippen LogP contribution is 2.47. The van der Waals surface area contributed by atoms with Gasteiger partial charge in [0.05, 0.1) is 18.9 Å². The highest BCUT2D eigenvalue weighted by atomic mass is 19.1. The highest BCUT2D eigenvalue weighted by Gasteiger charge is 2.42. The first kappa shape index (κ1) is 15.7. The topological polar surface area (TPSA) is 64.9 Å². The van der Waals surface area contributed by atoms with Crippen LogP contribution in [-0.2, 0) is 11.3 Å². The number of nitrogens with zero attached hydrogens (tertiary/aromatic N) is 4. The number of piperidine rings is 1. The minimum absolute atomic E-state index is 0.284. The van der Waals surface area contributed by atoms with Crippen LogP contribution in [0.25, 0.3) is 5.69 Å². The molecule has 0 unspecified atom stereocenters. The van der Waals surface area contributed by atoms with Crippen LogP contribution in [0, 0.1) is 23.6 Å². The lowest BCUT2D eigenvalue weighted by Gasteiger charge is -2.22. The summed E-state index contributed by atoms with van der Waals surface area (Å²) in [5.74, 6) is 2.05. The van der Waals surface area contributed by atoms with Gasteiger partial charge in [-0.1, -0.05) is 6.07 Å². The maximum absolute atomic E-state index is 14.2. The number of nitrogens with one attached hydrogen (secondary N) is 1. The fraction of sp³-hybridized carbons (Fsp3) is 0.588. The average Bonchev–Trinajstić information content (AvgIpc) is 3.17. The van der Waals surface area contributed by atoms with E-state index in [0.717, 1.165) is 31.5 Å². The predicted molar refractivity (Wildman–Crippen MR) is 86.0 cm³/mol. The fourth-order valence-electron chi connectivity index (χ4n) is 3.71. The molecule has 1 aliphatic heterocycles. The second-order valence-electron chi connectivity index (χ2n) is 6.79. The Morgan fingerprint density at radius 3 is 2.92 bits per heavy atom. The van der Waals surface area contributed by atoms with Gasteiger partial charge in [0.15, 0.2) is 0 Å². The van der Waals surface area contributed by atoms with Gasteiger partial charge in [0, 0.05) is 11.6 Å². The van der Waals surface area contributed by atoms with Crippen LogP contribution < -0.4 is 5.32 Å². The van der Waals surface area contributed by atoms with Crippen LogP contribution >= 0.6 is 0 Å². The molecule has 0 radical (unpaired) electrons. The Bertz CT molecular complexity index is 672. The van der Waals surface area contributed by atoms with Crippen molar-refractivity contribution in [1.29, 1.82) is 0 Å². The summed E-state index contributed by atoms with van der Waals surface area (Å²) in [7, 11) is 0. The largest absolute Gasteiger partial charge is 0.376 e. The van der Waals surface area contributed by atoms with E-state index < -0.39 is 0 Å². The molecule has 2 heterocycles. The van der Waals surface area contributed by atoms with E-state index in [1.54, 1.807) is 12.1 Å². The van der Waals surface area contributed by atoms with Crippen molar-refractivity contribution in [2.45, 2.75) is 25.9 Å². The van der Waals surface area contributed by atoms with Gasteiger partial charge in [-0.3, -0.25) is 0 Å². The number of ether oxygens (including phenoxy) is 1. The Labute approximate surface area is 140 Å². The maximum Gasteiger partial charge on any atom is 0.143 e. The normalized spacial score (nSPS) is 24.2. The van der Waals surface area contributed by atoms with Gasteiger partial charge in [0.25, 0.3) is 0 Å². The Balaban J connectivity index is 1.26. The van der Waals surface area contributed by atoms with Gasteiger partial charge in [-0.25, -0.2) is 9.07 Å². The monoisotopic (exact) mass is 331 g/mol. The van der Waals surface area contributed by atoms with Gasteiger partial charge in [-0.15, -0.1) is 5.10 Å². The van der Waals surface area contributed by atoms with Gasteiger partial charge in [-0.2, -0.15) is 0 Å². The van der Waals surface area contributed by atoms with Crippen LogP contribution in [0.5, 0.6) is 0 Å². The highest BCUT2D eigenvalue weighted by molar-refractivity contribution is 5.34. The molecule has 6 nitrogen and oxygen atoms in total. The van der Waals surface area contributed by atoms with E-state index in [1.807, 2.05) is 0 Å². The summed E-state index contributed by atoms with van der Waals surface area (Å²) in [5.41, 5.74) is 1.18. The first-order valence-corrected chi connectivity index (χ1v) is 8.61. The zero-order valence-electron chi connectivity index (χ0n) is 13.6. The minimum Gasteiger partial charge on any atom is -0.376 e. The second kappa shape index (κ2) is 6.94. The number of hydrogen-bond donors (Lipinski definition) is 1. The van der Waals surface area contributed by atoms with E-state index in [4.69, 9.17) is 4.74 Å². The Morgan fingerprint density at radius 1 is 1.29 bits per heavy atom. The lowest BCUT2D eigenvalue weighted by atomic mass is 9.92. The smallest absolute Gasteiger partial charge is 0.143 e. The molecule has 2 atom stereocenters. The summed E-state index contributed by atoms with van der Waals surface area (Å²) < 4.78 is 21.4. The Morgan fingerprint density at radius 2 is 2.17 bits per heavy atom. The van der Waals surface area contributed by atoms with E-state index in [9.17, 15) is 4.39 Å². The van der Waals surface area contributed by atoms with Crippen molar-refractivity contribution < 1.29 is 9.13 Å². The Kier molecular flexibility index (Phi) is 4.53. The quantitative estimate of drug-likeness (QED) is 0.876.